The van der Waals surface area contributed by atoms with Gasteiger partial charge in [-0.2, -0.15) is 14.8 Å². The number of aromatic nitrogens is 12. The van der Waals surface area contributed by atoms with Gasteiger partial charge in [0.15, 0.2) is 17.5 Å². The molecular formula is C22H28ClN13O. The maximum absolute atomic E-state index is 12.7. The van der Waals surface area contributed by atoms with Crippen LogP contribution in [0.4, 0.5) is 0 Å². The van der Waals surface area contributed by atoms with E-state index in [1.807, 2.05) is 30.0 Å². The summed E-state index contributed by atoms with van der Waals surface area (Å²) < 4.78 is 0. The number of H-pyrrole nitrogens is 1. The molecule has 0 aliphatic carbocycles. The Morgan fingerprint density at radius 2 is 1.73 bits per heavy atom. The quantitative estimate of drug-likeness (QED) is 0.364. The molecular weight excluding hydrogens is 498 g/mol. The van der Waals surface area contributed by atoms with Crippen molar-refractivity contribution in [1.82, 2.24) is 65.9 Å². The minimum Gasteiger partial charge on any atom is -0.339 e. The van der Waals surface area contributed by atoms with Crippen molar-refractivity contribution in [2.75, 3.05) is 13.1 Å². The Morgan fingerprint density at radius 1 is 1.03 bits per heavy atom. The van der Waals surface area contributed by atoms with Crippen molar-refractivity contribution in [3.63, 3.8) is 0 Å². The topological polar surface area (TPSA) is 162 Å². The highest BCUT2D eigenvalue weighted by molar-refractivity contribution is 6.30. The molecule has 15 heteroatoms. The maximum atomic E-state index is 12.7. The number of benzene rings is 1. The van der Waals surface area contributed by atoms with Crippen LogP contribution in [-0.2, 0) is 17.9 Å². The lowest BCUT2D eigenvalue weighted by atomic mass is 9.97. The molecule has 0 unspecified atom stereocenters. The molecule has 3 aromatic heterocycles. The minimum atomic E-state index is 0.00352. The Kier molecular flexibility index (Phi) is 8.61. The van der Waals surface area contributed by atoms with Crippen LogP contribution in [0.25, 0.3) is 6.08 Å². The average molecular weight is 526 g/mol. The van der Waals surface area contributed by atoms with Crippen LogP contribution >= 0.6 is 11.6 Å². The number of rotatable bonds is 6. The van der Waals surface area contributed by atoms with Crippen LogP contribution in [0.5, 0.6) is 0 Å². The summed E-state index contributed by atoms with van der Waals surface area (Å²) >= 11 is 6.17. The second-order valence-electron chi connectivity index (χ2n) is 8.66. The third-order valence-electron chi connectivity index (χ3n) is 5.73. The monoisotopic (exact) mass is 525 g/mol. The highest BCUT2D eigenvalue weighted by atomic mass is 35.5. The highest BCUT2D eigenvalue weighted by Crippen LogP contribution is 2.21. The van der Waals surface area contributed by atoms with E-state index in [1.54, 1.807) is 30.8 Å². The Morgan fingerprint density at radius 3 is 2.30 bits per heavy atom. The lowest BCUT2D eigenvalue weighted by molar-refractivity contribution is -0.127. The number of nitrogens with one attached hydrogen (secondary N) is 1. The Balaban J connectivity index is 0.000000469. The van der Waals surface area contributed by atoms with Crippen molar-refractivity contribution in [2.45, 2.75) is 46.7 Å². The SMILES string of the molecule is Cc1nn[nH]n1.Cc1nnn(Cc2cc(Cl)ccc2/C=C/C(=O)N2CCC(Cn3nnc(C)n3)CC2)n1. The number of amides is 1. The van der Waals surface area contributed by atoms with Gasteiger partial charge in [0.05, 0.1) is 13.1 Å². The lowest BCUT2D eigenvalue weighted by Gasteiger charge is -2.30. The van der Waals surface area contributed by atoms with Gasteiger partial charge in [-0.15, -0.1) is 30.6 Å². The smallest absolute Gasteiger partial charge is 0.246 e. The van der Waals surface area contributed by atoms with Crippen molar-refractivity contribution in [3.05, 3.63) is 57.9 Å². The zero-order valence-corrected chi connectivity index (χ0v) is 21.6. The minimum absolute atomic E-state index is 0.00352. The van der Waals surface area contributed by atoms with E-state index < -0.39 is 0 Å². The number of halogens is 1. The molecule has 0 atom stereocenters. The molecule has 1 aliphatic heterocycles. The molecule has 0 radical (unpaired) electrons. The summed E-state index contributed by atoms with van der Waals surface area (Å²) in [5.74, 6) is 2.41. The number of aryl methyl sites for hydroxylation is 3. The van der Waals surface area contributed by atoms with Crippen LogP contribution in [0, 0.1) is 26.7 Å². The Hall–Kier alpha value is -4.07. The first kappa shape index (κ1) is 26.0. The van der Waals surface area contributed by atoms with E-state index in [1.165, 1.54) is 4.80 Å². The molecule has 1 fully saturated rings. The van der Waals surface area contributed by atoms with Crippen LogP contribution in [0.2, 0.25) is 5.02 Å². The number of hydrogen-bond acceptors (Lipinski definition) is 10. The van der Waals surface area contributed by atoms with E-state index >= 15 is 0 Å². The zero-order chi connectivity index (χ0) is 26.2. The fourth-order valence-electron chi connectivity index (χ4n) is 3.86. The number of hydrogen-bond donors (Lipinski definition) is 1. The highest BCUT2D eigenvalue weighted by Gasteiger charge is 2.22. The second-order valence-corrected chi connectivity index (χ2v) is 9.10. The molecule has 1 saturated heterocycles. The predicted molar refractivity (Wildman–Crippen MR) is 133 cm³/mol. The molecule has 14 nitrogen and oxygen atoms in total. The fourth-order valence-corrected chi connectivity index (χ4v) is 4.06. The van der Waals surface area contributed by atoms with Crippen molar-refractivity contribution in [3.8, 4) is 0 Å². The summed E-state index contributed by atoms with van der Waals surface area (Å²) in [7, 11) is 0. The number of piperidine rings is 1. The number of carbonyl (C=O) groups excluding carboxylic acids is 1. The second kappa shape index (κ2) is 12.3. The van der Waals surface area contributed by atoms with Gasteiger partial charge < -0.3 is 4.90 Å². The number of likely N-dealkylation sites (tertiary alicyclic amines) is 1. The van der Waals surface area contributed by atoms with Crippen LogP contribution in [0.15, 0.2) is 24.3 Å². The van der Waals surface area contributed by atoms with E-state index in [4.69, 9.17) is 11.6 Å². The summed E-state index contributed by atoms with van der Waals surface area (Å²) in [6.07, 6.45) is 5.29. The van der Waals surface area contributed by atoms with Gasteiger partial charge in [-0.3, -0.25) is 4.79 Å². The van der Waals surface area contributed by atoms with E-state index in [-0.39, 0.29) is 5.91 Å². The molecule has 4 heterocycles. The molecule has 194 valence electrons. The largest absolute Gasteiger partial charge is 0.339 e. The summed E-state index contributed by atoms with van der Waals surface area (Å²) in [6.45, 7) is 7.98. The first-order chi connectivity index (χ1) is 17.9. The van der Waals surface area contributed by atoms with E-state index in [9.17, 15) is 4.79 Å². The van der Waals surface area contributed by atoms with Crippen LogP contribution in [0.1, 0.15) is 41.4 Å². The maximum Gasteiger partial charge on any atom is 0.246 e. The number of tetrazole rings is 3. The normalized spacial score (nSPS) is 14.1. The summed E-state index contributed by atoms with van der Waals surface area (Å²) in [4.78, 5) is 17.7. The van der Waals surface area contributed by atoms with Gasteiger partial charge in [0, 0.05) is 24.2 Å². The molecule has 5 rings (SSSR count). The third-order valence-corrected chi connectivity index (χ3v) is 5.96. The fraction of sp³-hybridized carbons (Fsp3) is 0.455. The average Bonchev–Trinajstić information content (AvgIpc) is 3.63. The molecule has 1 N–H and O–H groups in total. The number of aromatic amines is 1. The van der Waals surface area contributed by atoms with Crippen molar-refractivity contribution in [1.29, 1.82) is 0 Å². The summed E-state index contributed by atoms with van der Waals surface area (Å²) in [6, 6.07) is 5.56. The van der Waals surface area contributed by atoms with Gasteiger partial charge in [-0.25, -0.2) is 0 Å². The Labute approximate surface area is 218 Å². The van der Waals surface area contributed by atoms with Gasteiger partial charge in [-0.05, 0) is 79.3 Å². The van der Waals surface area contributed by atoms with Gasteiger partial charge in [0.1, 0.15) is 0 Å². The van der Waals surface area contributed by atoms with Crippen LogP contribution < -0.4 is 0 Å². The molecule has 0 spiro atoms. The Bertz CT molecular complexity index is 1320. The van der Waals surface area contributed by atoms with Gasteiger partial charge in [0.25, 0.3) is 0 Å². The lowest BCUT2D eigenvalue weighted by Crippen LogP contribution is -2.38. The van der Waals surface area contributed by atoms with E-state index in [2.05, 4.69) is 51.4 Å². The molecule has 0 saturated carbocycles. The molecule has 1 amide bonds. The van der Waals surface area contributed by atoms with Crippen molar-refractivity contribution >= 4 is 23.6 Å². The first-order valence-electron chi connectivity index (χ1n) is 11.8. The van der Waals surface area contributed by atoms with Gasteiger partial charge in [-0.1, -0.05) is 22.9 Å². The predicted octanol–water partition coefficient (Wildman–Crippen LogP) is 1.44. The van der Waals surface area contributed by atoms with Gasteiger partial charge in [0.2, 0.25) is 5.91 Å². The van der Waals surface area contributed by atoms with Crippen LogP contribution in [-0.4, -0.2) is 84.9 Å². The summed E-state index contributed by atoms with van der Waals surface area (Å²) in [5, 5.41) is 37.6. The molecule has 1 aromatic carbocycles. The zero-order valence-electron chi connectivity index (χ0n) is 20.9. The number of carbonyl (C=O) groups is 1. The van der Waals surface area contributed by atoms with Gasteiger partial charge >= 0.3 is 0 Å². The van der Waals surface area contributed by atoms with Crippen molar-refractivity contribution < 1.29 is 4.79 Å². The third kappa shape index (κ3) is 7.70. The molecule has 0 bridgehead atoms. The van der Waals surface area contributed by atoms with Crippen LogP contribution in [0.3, 0.4) is 0 Å². The molecule has 1 aliphatic rings. The van der Waals surface area contributed by atoms with E-state index in [0.717, 1.165) is 43.6 Å². The molecule has 4 aromatic rings. The van der Waals surface area contributed by atoms with Crippen molar-refractivity contribution in [2.24, 2.45) is 5.92 Å². The molecule has 37 heavy (non-hydrogen) atoms. The first-order valence-corrected chi connectivity index (χ1v) is 12.2. The standard InChI is InChI=1S/C20H24ClN9O.C2H4N4/c1-14-22-26-29(24-14)12-16-7-9-28(10-8-16)20(31)6-4-17-3-5-19(21)11-18(17)13-30-25-15(2)23-27-30;1-2-3-5-6-4-2/h3-6,11,16H,7-10,12-13H2,1-2H3;1H3,(H,3,4,5,6)/b6-4+;. The van der Waals surface area contributed by atoms with E-state index in [0.29, 0.717) is 35.0 Å². The summed E-state index contributed by atoms with van der Waals surface area (Å²) in [5.41, 5.74) is 1.82. The number of nitrogens with zero attached hydrogens (tertiary/aromatic N) is 12.